The number of benzene rings is 1. The van der Waals surface area contributed by atoms with Crippen LogP contribution in [0.3, 0.4) is 0 Å². The topological polar surface area (TPSA) is 0 Å². The maximum Gasteiger partial charge on any atom is -0.0119 e. The highest BCUT2D eigenvalue weighted by molar-refractivity contribution is 5.76. The van der Waals surface area contributed by atoms with Crippen molar-refractivity contribution in [1.82, 2.24) is 0 Å². The van der Waals surface area contributed by atoms with Crippen molar-refractivity contribution < 1.29 is 0 Å². The molecule has 0 amide bonds. The van der Waals surface area contributed by atoms with Crippen molar-refractivity contribution in [1.29, 1.82) is 0 Å². The molecule has 4 rings (SSSR count). The summed E-state index contributed by atoms with van der Waals surface area (Å²) in [6, 6.07) is 7.30. The molecule has 0 spiro atoms. The highest BCUT2D eigenvalue weighted by Gasteiger charge is 2.52. The smallest absolute Gasteiger partial charge is 0.0119 e. The molecule has 0 N–H and O–H groups in total. The third kappa shape index (κ3) is 5.57. The second-order valence-corrected chi connectivity index (χ2v) is 12.7. The zero-order valence-electron chi connectivity index (χ0n) is 23.1. The summed E-state index contributed by atoms with van der Waals surface area (Å²) in [5.41, 5.74) is 8.75. The number of hydrogen-bond donors (Lipinski definition) is 0. The third-order valence-electron chi connectivity index (χ3n) is 10.1. The van der Waals surface area contributed by atoms with Gasteiger partial charge in [-0.1, -0.05) is 108 Å². The van der Waals surface area contributed by atoms with Crippen molar-refractivity contribution in [2.45, 2.75) is 125 Å². The molecule has 1 aromatic carbocycles. The average molecular weight is 461 g/mol. The van der Waals surface area contributed by atoms with E-state index in [1.54, 1.807) is 22.3 Å². The largest absolute Gasteiger partial charge is 0.0882 e. The van der Waals surface area contributed by atoms with Crippen LogP contribution in [-0.2, 0) is 6.42 Å². The summed E-state index contributed by atoms with van der Waals surface area (Å²) < 4.78 is 0. The van der Waals surface area contributed by atoms with E-state index in [1.807, 2.05) is 0 Å². The molecular weight excluding hydrogens is 408 g/mol. The summed E-state index contributed by atoms with van der Waals surface area (Å²) in [6.07, 6.45) is 24.2. The molecule has 1 saturated carbocycles. The first-order valence-corrected chi connectivity index (χ1v) is 14.9. The van der Waals surface area contributed by atoms with Gasteiger partial charge in [0.2, 0.25) is 0 Å². The van der Waals surface area contributed by atoms with Crippen molar-refractivity contribution >= 4 is 5.57 Å². The fourth-order valence-corrected chi connectivity index (χ4v) is 7.95. The molecule has 1 fully saturated rings. The van der Waals surface area contributed by atoms with E-state index in [0.29, 0.717) is 5.41 Å². The van der Waals surface area contributed by atoms with E-state index in [1.165, 1.54) is 95.5 Å². The van der Waals surface area contributed by atoms with Crippen molar-refractivity contribution in [3.05, 3.63) is 52.6 Å². The van der Waals surface area contributed by atoms with Crippen molar-refractivity contribution in [2.75, 3.05) is 0 Å². The lowest BCUT2D eigenvalue weighted by atomic mass is 9.56. The summed E-state index contributed by atoms with van der Waals surface area (Å²) in [6.45, 7) is 12.2. The van der Waals surface area contributed by atoms with Gasteiger partial charge in [-0.3, -0.25) is 0 Å². The van der Waals surface area contributed by atoms with Crippen LogP contribution in [-0.4, -0.2) is 0 Å². The quantitative estimate of drug-likeness (QED) is 0.227. The average Bonchev–Trinajstić information content (AvgIpc) is 3.11. The molecule has 0 bridgehead atoms. The molecule has 3 unspecified atom stereocenters. The van der Waals surface area contributed by atoms with E-state index >= 15 is 0 Å². The first-order chi connectivity index (χ1) is 16.4. The molecule has 5 atom stereocenters. The lowest BCUT2D eigenvalue weighted by Crippen LogP contribution is -2.39. The van der Waals surface area contributed by atoms with Crippen LogP contribution in [0, 0.1) is 36.0 Å². The lowest BCUT2D eigenvalue weighted by molar-refractivity contribution is 0.119. The number of hydrogen-bond acceptors (Lipinski definition) is 0. The Kier molecular flexibility index (Phi) is 8.81. The van der Waals surface area contributed by atoms with Crippen LogP contribution in [0.25, 0.3) is 5.57 Å². The first kappa shape index (κ1) is 25.8. The summed E-state index contributed by atoms with van der Waals surface area (Å²) in [7, 11) is 0. The number of rotatable bonds is 11. The lowest BCUT2D eigenvalue weighted by Gasteiger charge is -2.48. The molecule has 0 radical (unpaired) electrons. The second-order valence-electron chi connectivity index (χ2n) is 12.7. The Morgan fingerprint density at radius 3 is 2.68 bits per heavy atom. The molecule has 3 aliphatic rings. The van der Waals surface area contributed by atoms with Crippen LogP contribution in [0.4, 0.5) is 0 Å². The van der Waals surface area contributed by atoms with Gasteiger partial charge in [0, 0.05) is 0 Å². The highest BCUT2D eigenvalue weighted by atomic mass is 14.6. The molecule has 0 heterocycles. The number of fused-ring (bicyclic) bond motifs is 5. The molecule has 3 aliphatic carbocycles. The van der Waals surface area contributed by atoms with Crippen molar-refractivity contribution in [3.63, 3.8) is 0 Å². The summed E-state index contributed by atoms with van der Waals surface area (Å²) in [4.78, 5) is 0. The van der Waals surface area contributed by atoms with Gasteiger partial charge < -0.3 is 0 Å². The van der Waals surface area contributed by atoms with Gasteiger partial charge in [0.25, 0.3) is 0 Å². The standard InChI is InChI=1S/C34H52/c1-6-14-25(2)15-12-10-8-7-9-11-13-16-29-24-34(5)27(4)18-22-32(34)31-21-19-28-23-26(3)17-20-30(28)33(29)31/h11,13,17,20,23,25,27,31-32H,6-10,12,14-16,18-19,21-22,24H2,1-5H3/t25?,27-,31?,32?,34+/m0/s1. The second kappa shape index (κ2) is 11.6. The molecule has 0 nitrogen and oxygen atoms in total. The Balaban J connectivity index is 1.39. The highest BCUT2D eigenvalue weighted by Crippen LogP contribution is 2.62. The minimum Gasteiger partial charge on any atom is -0.0882 e. The summed E-state index contributed by atoms with van der Waals surface area (Å²) in [5, 5.41) is 0. The third-order valence-corrected chi connectivity index (χ3v) is 10.1. The Hall–Kier alpha value is -1.30. The van der Waals surface area contributed by atoms with Crippen LogP contribution in [0.2, 0.25) is 0 Å². The van der Waals surface area contributed by atoms with Crippen LogP contribution >= 0.6 is 0 Å². The molecule has 0 aliphatic heterocycles. The Labute approximate surface area is 211 Å². The van der Waals surface area contributed by atoms with Gasteiger partial charge in [0.15, 0.2) is 0 Å². The minimum absolute atomic E-state index is 0.522. The van der Waals surface area contributed by atoms with Gasteiger partial charge >= 0.3 is 0 Å². The van der Waals surface area contributed by atoms with Gasteiger partial charge in [-0.25, -0.2) is 0 Å². The van der Waals surface area contributed by atoms with Crippen LogP contribution in [0.15, 0.2) is 35.9 Å². The van der Waals surface area contributed by atoms with E-state index in [-0.39, 0.29) is 0 Å². The minimum atomic E-state index is 0.522. The molecule has 0 aromatic heterocycles. The van der Waals surface area contributed by atoms with E-state index in [9.17, 15) is 0 Å². The number of allylic oxidation sites excluding steroid dienone is 4. The van der Waals surface area contributed by atoms with Crippen molar-refractivity contribution in [3.8, 4) is 0 Å². The Bertz CT molecular complexity index is 870. The van der Waals surface area contributed by atoms with E-state index < -0.39 is 0 Å². The van der Waals surface area contributed by atoms with Crippen molar-refractivity contribution in [2.24, 2.45) is 29.1 Å². The van der Waals surface area contributed by atoms with Gasteiger partial charge in [-0.05, 0) is 104 Å². The number of aryl methyl sites for hydroxylation is 2. The zero-order valence-corrected chi connectivity index (χ0v) is 23.1. The van der Waals surface area contributed by atoms with Crippen LogP contribution in [0.1, 0.15) is 128 Å². The zero-order chi connectivity index (χ0) is 24.1. The van der Waals surface area contributed by atoms with E-state index in [2.05, 4.69) is 65.0 Å². The van der Waals surface area contributed by atoms with Gasteiger partial charge in [-0.2, -0.15) is 0 Å². The summed E-state index contributed by atoms with van der Waals surface area (Å²) >= 11 is 0. The SMILES string of the molecule is CCCC(C)CCCCCCC=CCC1=C2c3ccc(C)cc3CCC2C2CC[C@H](C)[C@@]2(C)C1. The van der Waals surface area contributed by atoms with Crippen LogP contribution in [0.5, 0.6) is 0 Å². The molecule has 1 aromatic rings. The van der Waals surface area contributed by atoms with Crippen LogP contribution < -0.4 is 0 Å². The molecular formula is C34H52. The fraction of sp³-hybridized carbons (Fsp3) is 0.706. The van der Waals surface area contributed by atoms with E-state index in [0.717, 1.165) is 23.7 Å². The van der Waals surface area contributed by atoms with Gasteiger partial charge in [0.05, 0.1) is 0 Å². The van der Waals surface area contributed by atoms with Gasteiger partial charge in [-0.15, -0.1) is 0 Å². The fourth-order valence-electron chi connectivity index (χ4n) is 7.95. The Morgan fingerprint density at radius 1 is 1.03 bits per heavy atom. The maximum absolute atomic E-state index is 2.64. The molecule has 0 saturated heterocycles. The predicted octanol–water partition coefficient (Wildman–Crippen LogP) is 10.5. The first-order valence-electron chi connectivity index (χ1n) is 14.9. The Morgan fingerprint density at radius 2 is 1.85 bits per heavy atom. The normalized spacial score (nSPS) is 29.3. The molecule has 188 valence electrons. The predicted molar refractivity (Wildman–Crippen MR) is 150 cm³/mol. The summed E-state index contributed by atoms with van der Waals surface area (Å²) in [5.74, 6) is 3.51. The monoisotopic (exact) mass is 460 g/mol. The van der Waals surface area contributed by atoms with Gasteiger partial charge in [0.1, 0.15) is 0 Å². The maximum atomic E-state index is 2.64. The van der Waals surface area contributed by atoms with E-state index in [4.69, 9.17) is 0 Å². The number of unbranched alkanes of at least 4 members (excludes halogenated alkanes) is 4. The molecule has 34 heavy (non-hydrogen) atoms. The molecule has 0 heteroatoms.